The van der Waals surface area contributed by atoms with Crippen LogP contribution in [-0.2, 0) is 12.8 Å². The molecule has 0 spiro atoms. The normalized spacial score (nSPS) is 11.4. The number of aliphatic hydroxyl groups excluding tert-OH is 1. The maximum absolute atomic E-state index is 12.7. The molecular weight excluding hydrogens is 261 g/mol. The fourth-order valence-corrected chi connectivity index (χ4v) is 1.38. The summed E-state index contributed by atoms with van der Waals surface area (Å²) in [4.78, 5) is 7.52. The molecule has 19 heavy (non-hydrogen) atoms. The van der Waals surface area contributed by atoms with E-state index in [0.29, 0.717) is 5.69 Å². The molecule has 0 saturated carbocycles. The molecule has 2 rings (SSSR count). The van der Waals surface area contributed by atoms with E-state index in [-0.39, 0.29) is 18.2 Å². The van der Waals surface area contributed by atoms with Crippen LogP contribution in [0.4, 0.5) is 13.2 Å². The van der Waals surface area contributed by atoms with Crippen LogP contribution in [0.2, 0.25) is 0 Å². The van der Waals surface area contributed by atoms with Crippen molar-refractivity contribution in [3.8, 4) is 11.6 Å². The topological polar surface area (TPSA) is 55.2 Å². The van der Waals surface area contributed by atoms with Gasteiger partial charge < -0.3 is 9.84 Å². The summed E-state index contributed by atoms with van der Waals surface area (Å²) in [5, 5.41) is 8.78. The molecule has 100 valence electrons. The number of hydrogen-bond donors (Lipinski definition) is 1. The number of ether oxygens (including phenoxy) is 1. The van der Waals surface area contributed by atoms with Gasteiger partial charge in [0, 0.05) is 0 Å². The third-order valence-corrected chi connectivity index (χ3v) is 2.25. The molecule has 0 radical (unpaired) electrons. The average molecular weight is 270 g/mol. The summed E-state index contributed by atoms with van der Waals surface area (Å²) >= 11 is 0. The zero-order valence-corrected chi connectivity index (χ0v) is 9.55. The molecule has 1 aromatic carbocycles. The van der Waals surface area contributed by atoms with Crippen molar-refractivity contribution in [2.75, 3.05) is 0 Å². The van der Waals surface area contributed by atoms with Crippen molar-refractivity contribution in [2.45, 2.75) is 12.8 Å². The molecule has 1 N–H and O–H groups in total. The van der Waals surface area contributed by atoms with E-state index in [2.05, 4.69) is 9.97 Å². The summed E-state index contributed by atoms with van der Waals surface area (Å²) in [6, 6.07) is 4.83. The fourth-order valence-electron chi connectivity index (χ4n) is 1.38. The van der Waals surface area contributed by atoms with Crippen LogP contribution >= 0.6 is 0 Å². The van der Waals surface area contributed by atoms with Crippen LogP contribution in [0.25, 0.3) is 0 Å². The third kappa shape index (κ3) is 3.19. The van der Waals surface area contributed by atoms with Crippen LogP contribution in [0.5, 0.6) is 11.6 Å². The van der Waals surface area contributed by atoms with Crippen molar-refractivity contribution >= 4 is 0 Å². The maximum Gasteiger partial charge on any atom is 0.419 e. The largest absolute Gasteiger partial charge is 0.437 e. The number of aliphatic hydroxyl groups is 1. The van der Waals surface area contributed by atoms with Crippen molar-refractivity contribution < 1.29 is 23.0 Å². The van der Waals surface area contributed by atoms with E-state index in [1.807, 2.05) is 0 Å². The van der Waals surface area contributed by atoms with Gasteiger partial charge in [0.15, 0.2) is 0 Å². The second-order valence-corrected chi connectivity index (χ2v) is 3.60. The Morgan fingerprint density at radius 3 is 2.42 bits per heavy atom. The summed E-state index contributed by atoms with van der Waals surface area (Å²) < 4.78 is 43.2. The van der Waals surface area contributed by atoms with Crippen molar-refractivity contribution in [3.05, 3.63) is 47.9 Å². The standard InChI is InChI=1S/C12H9F3N2O2/c13-12(14,15)9-3-1-2-4-10(9)19-11-6-16-8(7-18)5-17-11/h1-6,18H,7H2. The minimum atomic E-state index is -4.50. The molecular formula is C12H9F3N2O2. The first kappa shape index (κ1) is 13.3. The third-order valence-electron chi connectivity index (χ3n) is 2.25. The zero-order valence-electron chi connectivity index (χ0n) is 9.55. The summed E-state index contributed by atoms with van der Waals surface area (Å²) in [7, 11) is 0. The van der Waals surface area contributed by atoms with E-state index in [1.165, 1.54) is 24.4 Å². The van der Waals surface area contributed by atoms with Gasteiger partial charge in [0.1, 0.15) is 5.75 Å². The van der Waals surface area contributed by atoms with Crippen LogP contribution in [0.1, 0.15) is 11.3 Å². The number of hydrogen-bond acceptors (Lipinski definition) is 4. The number of benzene rings is 1. The van der Waals surface area contributed by atoms with E-state index in [0.717, 1.165) is 12.3 Å². The van der Waals surface area contributed by atoms with Crippen LogP contribution in [0, 0.1) is 0 Å². The Balaban J connectivity index is 2.28. The van der Waals surface area contributed by atoms with Gasteiger partial charge in [-0.15, -0.1) is 0 Å². The van der Waals surface area contributed by atoms with E-state index in [9.17, 15) is 13.2 Å². The van der Waals surface area contributed by atoms with E-state index in [1.54, 1.807) is 0 Å². The Labute approximate surface area is 106 Å². The number of para-hydroxylation sites is 1. The lowest BCUT2D eigenvalue weighted by atomic mass is 10.2. The molecule has 0 aliphatic carbocycles. The van der Waals surface area contributed by atoms with Crippen LogP contribution in [0.15, 0.2) is 36.7 Å². The van der Waals surface area contributed by atoms with Gasteiger partial charge in [-0.05, 0) is 12.1 Å². The number of halogens is 3. The Hall–Kier alpha value is -2.15. The minimum absolute atomic E-state index is 0.0751. The molecule has 0 amide bonds. The predicted molar refractivity (Wildman–Crippen MR) is 59.5 cm³/mol. The highest BCUT2D eigenvalue weighted by Gasteiger charge is 2.34. The monoisotopic (exact) mass is 270 g/mol. The molecule has 1 aromatic heterocycles. The van der Waals surface area contributed by atoms with Gasteiger partial charge in [0.05, 0.1) is 30.3 Å². The lowest BCUT2D eigenvalue weighted by molar-refractivity contribution is -0.138. The van der Waals surface area contributed by atoms with Crippen LogP contribution in [-0.4, -0.2) is 15.1 Å². The number of rotatable bonds is 3. The first-order chi connectivity index (χ1) is 9.00. The van der Waals surface area contributed by atoms with Crippen molar-refractivity contribution in [1.82, 2.24) is 9.97 Å². The molecule has 2 aromatic rings. The smallest absolute Gasteiger partial charge is 0.419 e. The van der Waals surface area contributed by atoms with Gasteiger partial charge in [0.25, 0.3) is 0 Å². The summed E-state index contributed by atoms with van der Waals surface area (Å²) in [6.07, 6.45) is -2.13. The molecule has 0 aliphatic rings. The second-order valence-electron chi connectivity index (χ2n) is 3.60. The number of alkyl halides is 3. The predicted octanol–water partition coefficient (Wildman–Crippen LogP) is 2.78. The minimum Gasteiger partial charge on any atom is -0.437 e. The first-order valence-corrected chi connectivity index (χ1v) is 5.26. The molecule has 0 aliphatic heterocycles. The summed E-state index contributed by atoms with van der Waals surface area (Å²) in [5.41, 5.74) is -0.584. The van der Waals surface area contributed by atoms with Gasteiger partial charge in [-0.3, -0.25) is 4.98 Å². The molecule has 4 nitrogen and oxygen atoms in total. The van der Waals surface area contributed by atoms with E-state index >= 15 is 0 Å². The van der Waals surface area contributed by atoms with Gasteiger partial charge in [-0.25, -0.2) is 4.98 Å². The van der Waals surface area contributed by atoms with Gasteiger partial charge in [-0.2, -0.15) is 13.2 Å². The Morgan fingerprint density at radius 2 is 1.84 bits per heavy atom. The Bertz CT molecular complexity index is 556. The fraction of sp³-hybridized carbons (Fsp3) is 0.167. The highest BCUT2D eigenvalue weighted by molar-refractivity contribution is 5.37. The lowest BCUT2D eigenvalue weighted by Gasteiger charge is -2.12. The lowest BCUT2D eigenvalue weighted by Crippen LogP contribution is -2.07. The molecule has 0 fully saturated rings. The van der Waals surface area contributed by atoms with E-state index in [4.69, 9.17) is 9.84 Å². The quantitative estimate of drug-likeness (QED) is 0.931. The molecule has 0 atom stereocenters. The van der Waals surface area contributed by atoms with Gasteiger partial charge >= 0.3 is 6.18 Å². The summed E-state index contributed by atoms with van der Waals surface area (Å²) in [5.74, 6) is -0.421. The zero-order chi connectivity index (χ0) is 13.9. The second kappa shape index (κ2) is 5.23. The molecule has 0 saturated heterocycles. The highest BCUT2D eigenvalue weighted by Crippen LogP contribution is 2.37. The number of aromatic nitrogens is 2. The van der Waals surface area contributed by atoms with Gasteiger partial charge in [0.2, 0.25) is 5.88 Å². The SMILES string of the molecule is OCc1cnc(Oc2ccccc2C(F)(F)F)cn1. The molecule has 0 bridgehead atoms. The Morgan fingerprint density at radius 1 is 1.11 bits per heavy atom. The Kier molecular flexibility index (Phi) is 3.66. The van der Waals surface area contributed by atoms with Crippen molar-refractivity contribution in [3.63, 3.8) is 0 Å². The molecule has 7 heteroatoms. The summed E-state index contributed by atoms with van der Waals surface area (Å²) in [6.45, 7) is -0.299. The van der Waals surface area contributed by atoms with Crippen molar-refractivity contribution in [1.29, 1.82) is 0 Å². The van der Waals surface area contributed by atoms with Crippen LogP contribution < -0.4 is 4.74 Å². The molecule has 1 heterocycles. The molecule has 0 unspecified atom stereocenters. The average Bonchev–Trinajstić information content (AvgIpc) is 2.39. The van der Waals surface area contributed by atoms with Gasteiger partial charge in [-0.1, -0.05) is 12.1 Å². The number of nitrogens with zero attached hydrogens (tertiary/aromatic N) is 2. The van der Waals surface area contributed by atoms with Crippen molar-refractivity contribution in [2.24, 2.45) is 0 Å². The maximum atomic E-state index is 12.7. The highest BCUT2D eigenvalue weighted by atomic mass is 19.4. The van der Waals surface area contributed by atoms with E-state index < -0.39 is 11.7 Å². The first-order valence-electron chi connectivity index (χ1n) is 5.26. The van der Waals surface area contributed by atoms with Crippen LogP contribution in [0.3, 0.4) is 0 Å².